The summed E-state index contributed by atoms with van der Waals surface area (Å²) >= 11 is 1.48. The molecule has 3 heterocycles. The highest BCUT2D eigenvalue weighted by Crippen LogP contribution is 2.21. The van der Waals surface area contributed by atoms with Crippen molar-refractivity contribution >= 4 is 28.4 Å². The Balaban J connectivity index is 1.63. The molecule has 24 heavy (non-hydrogen) atoms. The van der Waals surface area contributed by atoms with Crippen LogP contribution in [0.25, 0.3) is 28.6 Å². The van der Waals surface area contributed by atoms with Gasteiger partial charge in [-0.15, -0.1) is 10.2 Å². The van der Waals surface area contributed by atoms with Crippen molar-refractivity contribution in [3.8, 4) is 17.3 Å². The summed E-state index contributed by atoms with van der Waals surface area (Å²) in [6.45, 7) is 0. The third-order valence-electron chi connectivity index (χ3n) is 3.43. The van der Waals surface area contributed by atoms with E-state index in [0.29, 0.717) is 5.82 Å². The fourth-order valence-corrected chi connectivity index (χ4v) is 2.98. The van der Waals surface area contributed by atoms with Crippen molar-refractivity contribution in [2.24, 2.45) is 0 Å². The van der Waals surface area contributed by atoms with Crippen molar-refractivity contribution in [2.75, 3.05) is 7.11 Å². The molecule has 0 fully saturated rings. The Labute approximate surface area is 142 Å². The predicted molar refractivity (Wildman–Crippen MR) is 93.8 cm³/mol. The molecule has 0 amide bonds. The molecule has 0 aliphatic heterocycles. The Bertz CT molecular complexity index is 989. The lowest BCUT2D eigenvalue weighted by Gasteiger charge is -1.98. The number of benzene rings is 1. The summed E-state index contributed by atoms with van der Waals surface area (Å²) in [6.07, 6.45) is 5.70. The number of hydrogen-bond acceptors (Lipinski definition) is 6. The highest BCUT2D eigenvalue weighted by atomic mass is 32.1. The van der Waals surface area contributed by atoms with Gasteiger partial charge in [-0.1, -0.05) is 35.6 Å². The van der Waals surface area contributed by atoms with Crippen LogP contribution in [-0.4, -0.2) is 31.9 Å². The van der Waals surface area contributed by atoms with Crippen molar-refractivity contribution < 1.29 is 4.74 Å². The monoisotopic (exact) mass is 335 g/mol. The summed E-state index contributed by atoms with van der Waals surface area (Å²) in [6, 6.07) is 13.5. The maximum atomic E-state index is 5.16. The molecule has 6 nitrogen and oxygen atoms in total. The van der Waals surface area contributed by atoms with Gasteiger partial charge in [0.1, 0.15) is 16.5 Å². The molecule has 0 spiro atoms. The fourth-order valence-electron chi connectivity index (χ4n) is 2.24. The molecule has 0 N–H and O–H groups in total. The van der Waals surface area contributed by atoms with Crippen LogP contribution < -0.4 is 4.74 Å². The van der Waals surface area contributed by atoms with E-state index in [0.717, 1.165) is 27.0 Å². The summed E-state index contributed by atoms with van der Waals surface area (Å²) in [7, 11) is 1.66. The molecule has 4 aromatic rings. The van der Waals surface area contributed by atoms with Crippen molar-refractivity contribution in [3.63, 3.8) is 0 Å². The minimum atomic E-state index is 0.644. The molecule has 0 aliphatic rings. The quantitative estimate of drug-likeness (QED) is 0.572. The van der Waals surface area contributed by atoms with E-state index in [9.17, 15) is 0 Å². The van der Waals surface area contributed by atoms with E-state index in [2.05, 4.69) is 20.3 Å². The Hall–Kier alpha value is -3.06. The van der Waals surface area contributed by atoms with Gasteiger partial charge in [0.25, 0.3) is 0 Å². The first-order chi connectivity index (χ1) is 11.8. The smallest absolute Gasteiger partial charge is 0.235 e. The topological polar surface area (TPSA) is 65.2 Å². The lowest BCUT2D eigenvalue weighted by molar-refractivity contribution is 0.415. The van der Waals surface area contributed by atoms with Gasteiger partial charge in [0, 0.05) is 6.20 Å². The Morgan fingerprint density at radius 3 is 2.67 bits per heavy atom. The summed E-state index contributed by atoms with van der Waals surface area (Å²) < 4.78 is 6.88. The fraction of sp³-hybridized carbons (Fsp3) is 0.0588. The first kappa shape index (κ1) is 14.5. The van der Waals surface area contributed by atoms with E-state index in [1.165, 1.54) is 11.3 Å². The molecule has 0 atom stereocenters. The van der Waals surface area contributed by atoms with Crippen LogP contribution in [0.3, 0.4) is 0 Å². The lowest BCUT2D eigenvalue weighted by atomic mass is 10.2. The molecule has 0 unspecified atom stereocenters. The third kappa shape index (κ3) is 2.77. The van der Waals surface area contributed by atoms with Gasteiger partial charge >= 0.3 is 0 Å². The molecule has 1 aromatic carbocycles. The van der Waals surface area contributed by atoms with Crippen molar-refractivity contribution in [1.29, 1.82) is 0 Å². The van der Waals surface area contributed by atoms with Crippen LogP contribution >= 0.6 is 11.3 Å². The Morgan fingerprint density at radius 1 is 1.04 bits per heavy atom. The number of fused-ring (bicyclic) bond motifs is 1. The molecule has 118 valence electrons. The minimum Gasteiger partial charge on any atom is -0.497 e. The normalized spacial score (nSPS) is 11.4. The van der Waals surface area contributed by atoms with Crippen LogP contribution in [-0.2, 0) is 0 Å². The lowest BCUT2D eigenvalue weighted by Crippen LogP contribution is -1.92. The van der Waals surface area contributed by atoms with Gasteiger partial charge in [0.05, 0.1) is 7.11 Å². The molecule has 3 aromatic heterocycles. The molecule has 0 saturated carbocycles. The molecular weight excluding hydrogens is 322 g/mol. The summed E-state index contributed by atoms with van der Waals surface area (Å²) in [5.41, 5.74) is 1.83. The SMILES string of the molecule is COc1ccc(/C=C/c2nn3c(-c4ccccn4)nnc3s2)cc1. The summed E-state index contributed by atoms with van der Waals surface area (Å²) in [5, 5.41) is 13.7. The van der Waals surface area contributed by atoms with Gasteiger partial charge in [-0.05, 0) is 35.9 Å². The maximum absolute atomic E-state index is 5.16. The van der Waals surface area contributed by atoms with E-state index in [1.807, 2.05) is 54.6 Å². The van der Waals surface area contributed by atoms with Gasteiger partial charge in [-0.2, -0.15) is 9.61 Å². The molecule has 0 saturated heterocycles. The Morgan fingerprint density at radius 2 is 1.92 bits per heavy atom. The summed E-state index contributed by atoms with van der Waals surface area (Å²) in [5.74, 6) is 1.48. The van der Waals surface area contributed by atoms with Gasteiger partial charge in [0.15, 0.2) is 0 Å². The standard InChI is InChI=1S/C17H13N5OS/c1-23-13-8-5-12(6-9-13)7-10-15-21-22-16(19-20-17(22)24-15)14-4-2-3-11-18-14/h2-11H,1H3/b10-7+. The van der Waals surface area contributed by atoms with Crippen LogP contribution in [0.15, 0.2) is 48.7 Å². The number of aromatic nitrogens is 5. The highest BCUT2D eigenvalue weighted by molar-refractivity contribution is 7.17. The number of hydrogen-bond donors (Lipinski definition) is 0. The number of rotatable bonds is 4. The molecule has 0 aliphatic carbocycles. The second kappa shape index (κ2) is 6.21. The van der Waals surface area contributed by atoms with Gasteiger partial charge in [-0.25, -0.2) is 0 Å². The van der Waals surface area contributed by atoms with E-state index >= 15 is 0 Å². The number of ether oxygens (including phenoxy) is 1. The third-order valence-corrected chi connectivity index (χ3v) is 4.30. The predicted octanol–water partition coefficient (Wildman–Crippen LogP) is 3.43. The summed E-state index contributed by atoms with van der Waals surface area (Å²) in [4.78, 5) is 5.04. The van der Waals surface area contributed by atoms with Crippen LogP contribution in [0, 0.1) is 0 Å². The van der Waals surface area contributed by atoms with Crippen molar-refractivity contribution in [1.82, 2.24) is 24.8 Å². The number of nitrogens with zero attached hydrogens (tertiary/aromatic N) is 5. The highest BCUT2D eigenvalue weighted by Gasteiger charge is 2.12. The van der Waals surface area contributed by atoms with E-state index in [4.69, 9.17) is 4.74 Å². The Kier molecular flexibility index (Phi) is 3.76. The van der Waals surface area contributed by atoms with E-state index < -0.39 is 0 Å². The van der Waals surface area contributed by atoms with Gasteiger partial charge in [-0.3, -0.25) is 4.98 Å². The maximum Gasteiger partial charge on any atom is 0.235 e. The van der Waals surface area contributed by atoms with Crippen molar-refractivity contribution in [3.05, 3.63) is 59.2 Å². The minimum absolute atomic E-state index is 0.644. The molecule has 4 rings (SSSR count). The number of methoxy groups -OCH3 is 1. The second-order valence-corrected chi connectivity index (χ2v) is 5.97. The van der Waals surface area contributed by atoms with Crippen LogP contribution in [0.1, 0.15) is 10.6 Å². The molecule has 0 bridgehead atoms. The molecule has 0 radical (unpaired) electrons. The van der Waals surface area contributed by atoms with Crippen molar-refractivity contribution in [2.45, 2.75) is 0 Å². The zero-order valence-corrected chi connectivity index (χ0v) is 13.6. The van der Waals surface area contributed by atoms with Gasteiger partial charge in [0.2, 0.25) is 10.8 Å². The average Bonchev–Trinajstić information content (AvgIpc) is 3.21. The van der Waals surface area contributed by atoms with Crippen LogP contribution in [0.5, 0.6) is 5.75 Å². The zero-order chi connectivity index (χ0) is 16.4. The molecule has 7 heteroatoms. The first-order valence-electron chi connectivity index (χ1n) is 7.29. The average molecular weight is 335 g/mol. The largest absolute Gasteiger partial charge is 0.497 e. The molecular formula is C17H13N5OS. The second-order valence-electron chi connectivity index (χ2n) is 4.98. The zero-order valence-electron chi connectivity index (χ0n) is 12.8. The van der Waals surface area contributed by atoms with Gasteiger partial charge < -0.3 is 4.74 Å². The first-order valence-corrected chi connectivity index (χ1v) is 8.11. The van der Waals surface area contributed by atoms with E-state index in [1.54, 1.807) is 17.8 Å². The van der Waals surface area contributed by atoms with E-state index in [-0.39, 0.29) is 0 Å². The number of pyridine rings is 1. The van der Waals surface area contributed by atoms with Crippen LogP contribution in [0.4, 0.5) is 0 Å². The van der Waals surface area contributed by atoms with Crippen LogP contribution in [0.2, 0.25) is 0 Å².